The number of benzene rings is 1. The first-order valence-corrected chi connectivity index (χ1v) is 9.80. The van der Waals surface area contributed by atoms with E-state index >= 15 is 0 Å². The van der Waals surface area contributed by atoms with Gasteiger partial charge in [-0.25, -0.2) is 14.1 Å². The Morgan fingerprint density at radius 3 is 2.47 bits per heavy atom. The molecule has 30 heavy (non-hydrogen) atoms. The van der Waals surface area contributed by atoms with Crippen molar-refractivity contribution in [3.8, 4) is 16.9 Å². The lowest BCUT2D eigenvalue weighted by molar-refractivity contribution is 0.101. The summed E-state index contributed by atoms with van der Waals surface area (Å²) in [6, 6.07) is 14.8. The maximum absolute atomic E-state index is 13.2. The minimum atomic E-state index is -2.08. The van der Waals surface area contributed by atoms with Gasteiger partial charge in [0.15, 0.2) is 5.78 Å². The highest BCUT2D eigenvalue weighted by atomic mass is 32.2. The molecule has 1 atom stereocenters. The highest BCUT2D eigenvalue weighted by Crippen LogP contribution is 2.18. The van der Waals surface area contributed by atoms with Crippen molar-refractivity contribution in [3.63, 3.8) is 0 Å². The van der Waals surface area contributed by atoms with Crippen LogP contribution in [0, 0.1) is 5.82 Å². The topological polar surface area (TPSA) is 101 Å². The van der Waals surface area contributed by atoms with E-state index in [2.05, 4.69) is 15.1 Å². The zero-order chi connectivity index (χ0) is 21.5. The van der Waals surface area contributed by atoms with Gasteiger partial charge in [0.1, 0.15) is 11.5 Å². The summed E-state index contributed by atoms with van der Waals surface area (Å²) in [5, 5.41) is 4.16. The zero-order valence-electron chi connectivity index (χ0n) is 15.8. The van der Waals surface area contributed by atoms with Crippen LogP contribution in [0.1, 0.15) is 17.4 Å². The number of carbonyl (C=O) groups excluding carboxylic acids is 1. The molecular weight excluding hydrogens is 407 g/mol. The van der Waals surface area contributed by atoms with Gasteiger partial charge in [0.05, 0.1) is 30.0 Å². The molecular formula is C21H16FN4O3S-. The Kier molecular flexibility index (Phi) is 6.89. The third-order valence-corrected chi connectivity index (χ3v) is 4.54. The number of Topliss-reactive ketones (excluding diaryl/α,β-unsaturated/α-hetero) is 1. The van der Waals surface area contributed by atoms with Gasteiger partial charge in [-0.05, 0) is 35.3 Å². The molecule has 0 radical (unpaired) electrons. The predicted molar refractivity (Wildman–Crippen MR) is 108 cm³/mol. The number of pyridine rings is 2. The first-order chi connectivity index (χ1) is 14.4. The Hall–Kier alpha value is -3.56. The van der Waals surface area contributed by atoms with Crippen LogP contribution in [-0.4, -0.2) is 34.3 Å². The molecule has 0 amide bonds. The number of rotatable bonds is 4. The number of carbonyl (C=O) groups is 1. The summed E-state index contributed by atoms with van der Waals surface area (Å²) in [6.45, 7) is 1.47. The van der Waals surface area contributed by atoms with Crippen molar-refractivity contribution in [2.45, 2.75) is 11.8 Å². The van der Waals surface area contributed by atoms with Gasteiger partial charge in [-0.3, -0.25) is 14.0 Å². The summed E-state index contributed by atoms with van der Waals surface area (Å²) in [7, 11) is 0. The minimum Gasteiger partial charge on any atom is -0.768 e. The molecule has 3 heterocycles. The Bertz CT molecular complexity index is 1180. The van der Waals surface area contributed by atoms with Crippen LogP contribution >= 0.6 is 0 Å². The quantitative estimate of drug-likeness (QED) is 0.367. The fourth-order valence-electron chi connectivity index (χ4n) is 2.45. The molecule has 152 valence electrons. The predicted octanol–water partition coefficient (Wildman–Crippen LogP) is 3.60. The minimum absolute atomic E-state index is 0.0985. The highest BCUT2D eigenvalue weighted by molar-refractivity contribution is 7.79. The van der Waals surface area contributed by atoms with Gasteiger partial charge < -0.3 is 4.55 Å². The number of aromatic nitrogens is 4. The summed E-state index contributed by atoms with van der Waals surface area (Å²) in [6.07, 6.45) is 5.96. The number of halogens is 1. The van der Waals surface area contributed by atoms with E-state index in [1.165, 1.54) is 23.9 Å². The average Bonchev–Trinajstić information content (AvgIpc) is 3.25. The lowest BCUT2D eigenvalue weighted by Gasteiger charge is -2.01. The van der Waals surface area contributed by atoms with Crippen molar-refractivity contribution in [1.29, 1.82) is 0 Å². The molecule has 0 spiro atoms. The van der Waals surface area contributed by atoms with Crippen LogP contribution in [0.25, 0.3) is 16.9 Å². The van der Waals surface area contributed by atoms with Crippen molar-refractivity contribution in [2.75, 3.05) is 0 Å². The van der Waals surface area contributed by atoms with Crippen LogP contribution in [0.15, 0.2) is 84.3 Å². The molecule has 4 aromatic rings. The van der Waals surface area contributed by atoms with Crippen molar-refractivity contribution in [2.24, 2.45) is 0 Å². The fraction of sp³-hybridized carbons (Fsp3) is 0.0476. The molecule has 0 bridgehead atoms. The molecule has 0 saturated carbocycles. The second-order valence-corrected chi connectivity index (χ2v) is 6.99. The molecule has 0 saturated heterocycles. The van der Waals surface area contributed by atoms with E-state index in [1.807, 2.05) is 0 Å². The first kappa shape index (κ1) is 21.2. The summed E-state index contributed by atoms with van der Waals surface area (Å²) in [5.41, 5.74) is 2.29. The van der Waals surface area contributed by atoms with E-state index in [4.69, 9.17) is 0 Å². The van der Waals surface area contributed by atoms with Gasteiger partial charge in [-0.1, -0.05) is 24.3 Å². The maximum atomic E-state index is 13.2. The molecule has 0 fully saturated rings. The monoisotopic (exact) mass is 423 g/mol. The van der Waals surface area contributed by atoms with Crippen molar-refractivity contribution in [3.05, 3.63) is 90.9 Å². The van der Waals surface area contributed by atoms with Crippen LogP contribution in [0.3, 0.4) is 0 Å². The molecule has 3 aromatic heterocycles. The van der Waals surface area contributed by atoms with E-state index in [1.54, 1.807) is 60.9 Å². The number of nitrogens with zero attached hydrogens (tertiary/aromatic N) is 4. The van der Waals surface area contributed by atoms with Crippen LogP contribution in [0.4, 0.5) is 4.39 Å². The van der Waals surface area contributed by atoms with Crippen LogP contribution < -0.4 is 0 Å². The van der Waals surface area contributed by atoms with Gasteiger partial charge in [0.2, 0.25) is 0 Å². The van der Waals surface area contributed by atoms with Gasteiger partial charge in [-0.15, -0.1) is 0 Å². The zero-order valence-corrected chi connectivity index (χ0v) is 16.6. The molecule has 1 unspecified atom stereocenters. The molecule has 0 aliphatic carbocycles. The number of ketones is 1. The molecule has 0 aliphatic rings. The molecule has 9 heteroatoms. The van der Waals surface area contributed by atoms with Crippen LogP contribution in [-0.2, 0) is 11.1 Å². The summed E-state index contributed by atoms with van der Waals surface area (Å²) < 4.78 is 35.1. The molecule has 4 rings (SSSR count). The fourth-order valence-corrected chi connectivity index (χ4v) is 2.82. The summed E-state index contributed by atoms with van der Waals surface area (Å²) in [5.74, 6) is -0.528. The second kappa shape index (κ2) is 9.77. The largest absolute Gasteiger partial charge is 0.768 e. The lowest BCUT2D eigenvalue weighted by Crippen LogP contribution is -1.97. The molecule has 0 aliphatic heterocycles. The van der Waals surface area contributed by atoms with Crippen LogP contribution in [0.2, 0.25) is 0 Å². The molecule has 1 aromatic carbocycles. The molecule has 7 nitrogen and oxygen atoms in total. The van der Waals surface area contributed by atoms with Gasteiger partial charge in [0, 0.05) is 29.6 Å². The number of hydrogen-bond acceptors (Lipinski definition) is 6. The van der Waals surface area contributed by atoms with E-state index in [0.29, 0.717) is 22.0 Å². The lowest BCUT2D eigenvalue weighted by atomic mass is 10.2. The third kappa shape index (κ3) is 5.49. The van der Waals surface area contributed by atoms with Crippen molar-refractivity contribution in [1.82, 2.24) is 19.7 Å². The Morgan fingerprint density at radius 1 is 1.07 bits per heavy atom. The van der Waals surface area contributed by atoms with Gasteiger partial charge in [-0.2, -0.15) is 5.10 Å². The summed E-state index contributed by atoms with van der Waals surface area (Å²) in [4.78, 5) is 19.7. The smallest absolute Gasteiger partial charge is 0.178 e. The maximum Gasteiger partial charge on any atom is 0.178 e. The Balaban J connectivity index is 0.000000239. The number of hydrogen-bond donors (Lipinski definition) is 0. The third-order valence-electron chi connectivity index (χ3n) is 3.88. The standard InChI is InChI=1S/C15H11FN4O.C6H6O2S/c1-10(21)14-3-2-4-15(19-14)11-6-18-20(9-11)13-5-12(16)7-17-8-13;7-9(8)6-4-2-1-3-5-6/h2-9H,1H3;1-5H,(H,7,8)/p-1. The van der Waals surface area contributed by atoms with Crippen LogP contribution in [0.5, 0.6) is 0 Å². The normalized spacial score (nSPS) is 11.3. The SMILES string of the molecule is CC(=O)c1cccc(-c2cnn(-c3cncc(F)c3)c2)n1.O=S([O-])c1ccccc1. The van der Waals surface area contributed by atoms with E-state index < -0.39 is 16.9 Å². The highest BCUT2D eigenvalue weighted by Gasteiger charge is 2.08. The summed E-state index contributed by atoms with van der Waals surface area (Å²) >= 11 is -2.08. The van der Waals surface area contributed by atoms with Gasteiger partial charge in [0.25, 0.3) is 0 Å². The molecule has 0 N–H and O–H groups in total. The van der Waals surface area contributed by atoms with E-state index in [0.717, 1.165) is 11.8 Å². The Labute approximate surface area is 174 Å². The van der Waals surface area contributed by atoms with E-state index in [-0.39, 0.29) is 5.78 Å². The second-order valence-electron chi connectivity index (χ2n) is 6.05. The van der Waals surface area contributed by atoms with E-state index in [9.17, 15) is 17.9 Å². The first-order valence-electron chi connectivity index (χ1n) is 8.72. The Morgan fingerprint density at radius 2 is 1.83 bits per heavy atom. The van der Waals surface area contributed by atoms with Crippen molar-refractivity contribution < 1.29 is 17.9 Å². The van der Waals surface area contributed by atoms with Gasteiger partial charge >= 0.3 is 0 Å². The van der Waals surface area contributed by atoms with Crippen molar-refractivity contribution >= 4 is 16.9 Å². The average molecular weight is 423 g/mol.